The summed E-state index contributed by atoms with van der Waals surface area (Å²) in [4.78, 5) is 19.3. The van der Waals surface area contributed by atoms with Crippen LogP contribution in [0.15, 0.2) is 43.0 Å². The fourth-order valence-corrected chi connectivity index (χ4v) is 1.52. The minimum atomic E-state index is -0.486. The lowest BCUT2D eigenvalue weighted by Crippen LogP contribution is -2.02. The van der Waals surface area contributed by atoms with Crippen molar-refractivity contribution in [2.75, 3.05) is 0 Å². The predicted molar refractivity (Wildman–Crippen MR) is 61.1 cm³/mol. The number of pyridine rings is 2. The normalized spacial score (nSPS) is 10.2. The van der Waals surface area contributed by atoms with Crippen LogP contribution in [0.25, 0.3) is 0 Å². The van der Waals surface area contributed by atoms with E-state index in [1.807, 2.05) is 12.1 Å². The van der Waals surface area contributed by atoms with Gasteiger partial charge in [0, 0.05) is 30.6 Å². The second kappa shape index (κ2) is 5.30. The van der Waals surface area contributed by atoms with Gasteiger partial charge in [-0.2, -0.15) is 0 Å². The van der Waals surface area contributed by atoms with E-state index in [2.05, 4.69) is 9.97 Å². The summed E-state index contributed by atoms with van der Waals surface area (Å²) in [5, 5.41) is 0. The number of rotatable bonds is 4. The molecule has 86 valence electrons. The van der Waals surface area contributed by atoms with Crippen LogP contribution in [0.2, 0.25) is 0 Å². The highest BCUT2D eigenvalue weighted by atomic mass is 19.1. The Morgan fingerprint density at radius 2 is 1.94 bits per heavy atom. The Morgan fingerprint density at radius 1 is 1.18 bits per heavy atom. The first kappa shape index (κ1) is 11.4. The first-order valence-electron chi connectivity index (χ1n) is 5.28. The van der Waals surface area contributed by atoms with Gasteiger partial charge in [0.25, 0.3) is 0 Å². The lowest BCUT2D eigenvalue weighted by Gasteiger charge is -2.01. The fraction of sp³-hybridized carbons (Fsp3) is 0.154. The number of aryl methyl sites for hydroxylation is 1. The summed E-state index contributed by atoms with van der Waals surface area (Å²) in [7, 11) is 0. The van der Waals surface area contributed by atoms with Crippen molar-refractivity contribution in [1.82, 2.24) is 9.97 Å². The number of hydrogen-bond donors (Lipinski definition) is 0. The molecule has 17 heavy (non-hydrogen) atoms. The average Bonchev–Trinajstić information content (AvgIpc) is 2.37. The van der Waals surface area contributed by atoms with Gasteiger partial charge in [-0.15, -0.1) is 0 Å². The van der Waals surface area contributed by atoms with Crippen LogP contribution in [0, 0.1) is 5.82 Å². The molecule has 0 aliphatic carbocycles. The minimum absolute atomic E-state index is 0.103. The Labute approximate surface area is 98.3 Å². The van der Waals surface area contributed by atoms with Gasteiger partial charge in [-0.25, -0.2) is 4.39 Å². The number of Topliss-reactive ketones (excluding diaryl/α,β-unsaturated/α-hetero) is 1. The topological polar surface area (TPSA) is 42.9 Å². The molecule has 0 aliphatic heterocycles. The smallest absolute Gasteiger partial charge is 0.164 e. The zero-order valence-electron chi connectivity index (χ0n) is 9.14. The van der Waals surface area contributed by atoms with E-state index in [1.54, 1.807) is 12.4 Å². The monoisotopic (exact) mass is 230 g/mol. The van der Waals surface area contributed by atoms with Gasteiger partial charge in [-0.3, -0.25) is 14.8 Å². The van der Waals surface area contributed by atoms with E-state index in [4.69, 9.17) is 0 Å². The minimum Gasteiger partial charge on any atom is -0.294 e. The molecule has 0 saturated carbocycles. The van der Waals surface area contributed by atoms with Crippen molar-refractivity contribution >= 4 is 5.78 Å². The molecule has 0 unspecified atom stereocenters. The van der Waals surface area contributed by atoms with E-state index >= 15 is 0 Å². The molecule has 0 aliphatic rings. The Bertz CT molecular complexity index is 514. The summed E-state index contributed by atoms with van der Waals surface area (Å²) < 4.78 is 12.9. The zero-order chi connectivity index (χ0) is 12.1. The van der Waals surface area contributed by atoms with Crippen LogP contribution in [0.3, 0.4) is 0 Å². The van der Waals surface area contributed by atoms with Crippen LogP contribution >= 0.6 is 0 Å². The van der Waals surface area contributed by atoms with Crippen LogP contribution in [-0.2, 0) is 6.42 Å². The molecule has 2 rings (SSSR count). The van der Waals surface area contributed by atoms with Crippen LogP contribution in [0.1, 0.15) is 22.3 Å². The summed E-state index contributed by atoms with van der Waals surface area (Å²) in [6.45, 7) is 0. The van der Waals surface area contributed by atoms with Crippen molar-refractivity contribution in [1.29, 1.82) is 0 Å². The highest BCUT2D eigenvalue weighted by molar-refractivity contribution is 5.95. The third-order valence-corrected chi connectivity index (χ3v) is 2.42. The molecule has 0 fully saturated rings. The highest BCUT2D eigenvalue weighted by Gasteiger charge is 2.07. The van der Waals surface area contributed by atoms with Gasteiger partial charge >= 0.3 is 0 Å². The maximum absolute atomic E-state index is 12.9. The standard InChI is InChI=1S/C13H11FN2O/c14-12-7-11(8-16-9-12)13(17)2-1-10-3-5-15-6-4-10/h3-9H,1-2H2. The summed E-state index contributed by atoms with van der Waals surface area (Å²) in [6.07, 6.45) is 6.80. The van der Waals surface area contributed by atoms with E-state index in [0.29, 0.717) is 18.4 Å². The van der Waals surface area contributed by atoms with E-state index in [9.17, 15) is 9.18 Å². The number of halogens is 1. The predicted octanol–water partition coefficient (Wildman–Crippen LogP) is 2.43. The zero-order valence-corrected chi connectivity index (χ0v) is 9.14. The Kier molecular flexibility index (Phi) is 3.55. The quantitative estimate of drug-likeness (QED) is 0.757. The van der Waals surface area contributed by atoms with Crippen LogP contribution in [-0.4, -0.2) is 15.8 Å². The largest absolute Gasteiger partial charge is 0.294 e. The van der Waals surface area contributed by atoms with Crippen LogP contribution < -0.4 is 0 Å². The lowest BCUT2D eigenvalue weighted by atomic mass is 10.1. The Morgan fingerprint density at radius 3 is 2.65 bits per heavy atom. The van der Waals surface area contributed by atoms with Crippen molar-refractivity contribution in [2.45, 2.75) is 12.8 Å². The third kappa shape index (κ3) is 3.17. The van der Waals surface area contributed by atoms with Gasteiger partial charge in [0.2, 0.25) is 0 Å². The molecule has 0 radical (unpaired) electrons. The van der Waals surface area contributed by atoms with E-state index in [-0.39, 0.29) is 5.78 Å². The number of ketones is 1. The summed E-state index contributed by atoms with van der Waals surface area (Å²) in [6, 6.07) is 4.93. The second-order valence-corrected chi connectivity index (χ2v) is 3.67. The fourth-order valence-electron chi connectivity index (χ4n) is 1.52. The number of hydrogen-bond acceptors (Lipinski definition) is 3. The summed E-state index contributed by atoms with van der Waals surface area (Å²) >= 11 is 0. The van der Waals surface area contributed by atoms with E-state index in [1.165, 1.54) is 12.3 Å². The molecule has 3 nitrogen and oxygen atoms in total. The molecule has 2 aromatic rings. The molecular formula is C13H11FN2O. The van der Waals surface area contributed by atoms with Gasteiger partial charge in [-0.1, -0.05) is 0 Å². The van der Waals surface area contributed by atoms with Crippen molar-refractivity contribution < 1.29 is 9.18 Å². The third-order valence-electron chi connectivity index (χ3n) is 2.42. The Hall–Kier alpha value is -2.10. The van der Waals surface area contributed by atoms with Crippen molar-refractivity contribution in [3.05, 3.63) is 59.9 Å². The van der Waals surface area contributed by atoms with E-state index in [0.717, 1.165) is 11.8 Å². The number of aromatic nitrogens is 2. The van der Waals surface area contributed by atoms with E-state index < -0.39 is 5.82 Å². The molecular weight excluding hydrogens is 219 g/mol. The maximum atomic E-state index is 12.9. The molecule has 0 amide bonds. The average molecular weight is 230 g/mol. The molecule has 0 aromatic carbocycles. The molecule has 0 saturated heterocycles. The van der Waals surface area contributed by atoms with Crippen LogP contribution in [0.4, 0.5) is 4.39 Å². The lowest BCUT2D eigenvalue weighted by molar-refractivity contribution is 0.0982. The second-order valence-electron chi connectivity index (χ2n) is 3.67. The molecule has 4 heteroatoms. The number of nitrogens with zero attached hydrogens (tertiary/aromatic N) is 2. The SMILES string of the molecule is O=C(CCc1ccncc1)c1cncc(F)c1. The van der Waals surface area contributed by atoms with Gasteiger partial charge in [0.1, 0.15) is 5.82 Å². The highest BCUT2D eigenvalue weighted by Crippen LogP contribution is 2.08. The van der Waals surface area contributed by atoms with Gasteiger partial charge < -0.3 is 0 Å². The van der Waals surface area contributed by atoms with Gasteiger partial charge in [0.15, 0.2) is 5.78 Å². The molecule has 2 aromatic heterocycles. The molecule has 0 bridgehead atoms. The van der Waals surface area contributed by atoms with Gasteiger partial charge in [-0.05, 0) is 30.2 Å². The molecule has 0 atom stereocenters. The molecule has 0 N–H and O–H groups in total. The van der Waals surface area contributed by atoms with Crippen LogP contribution in [0.5, 0.6) is 0 Å². The first-order chi connectivity index (χ1) is 8.25. The number of carbonyl (C=O) groups excluding carboxylic acids is 1. The van der Waals surface area contributed by atoms with Gasteiger partial charge in [0.05, 0.1) is 6.20 Å². The van der Waals surface area contributed by atoms with Crippen molar-refractivity contribution in [3.63, 3.8) is 0 Å². The summed E-state index contributed by atoms with van der Waals surface area (Å²) in [5.41, 5.74) is 1.36. The maximum Gasteiger partial charge on any atom is 0.164 e. The van der Waals surface area contributed by atoms with Crippen molar-refractivity contribution in [3.8, 4) is 0 Å². The Balaban J connectivity index is 1.98. The first-order valence-corrected chi connectivity index (χ1v) is 5.28. The molecule has 2 heterocycles. The van der Waals surface area contributed by atoms with Crippen molar-refractivity contribution in [2.24, 2.45) is 0 Å². The molecule has 0 spiro atoms. The number of carbonyl (C=O) groups is 1. The summed E-state index contributed by atoms with van der Waals surface area (Å²) in [5.74, 6) is -0.589.